The quantitative estimate of drug-likeness (QED) is 0.671. The summed E-state index contributed by atoms with van der Waals surface area (Å²) in [7, 11) is 0. The lowest BCUT2D eigenvalue weighted by molar-refractivity contribution is 0.393. The first-order valence-corrected chi connectivity index (χ1v) is 5.18. The number of hydrogen-bond acceptors (Lipinski definition) is 2. The van der Waals surface area contributed by atoms with Gasteiger partial charge in [0.05, 0.1) is 11.9 Å². The van der Waals surface area contributed by atoms with Gasteiger partial charge in [-0.1, -0.05) is 17.3 Å². The van der Waals surface area contributed by atoms with Crippen molar-refractivity contribution in [1.82, 2.24) is 10.1 Å². The smallest absolute Gasteiger partial charge is 0.141 e. The molecule has 3 nitrogen and oxygen atoms in total. The van der Waals surface area contributed by atoms with Gasteiger partial charge in [-0.2, -0.15) is 0 Å². The SMILES string of the molecule is Cc1noc(C)c1-c1ccc2c[c][nH]c2c1. The lowest BCUT2D eigenvalue weighted by atomic mass is 10.0. The van der Waals surface area contributed by atoms with Gasteiger partial charge in [-0.15, -0.1) is 0 Å². The maximum atomic E-state index is 5.18. The van der Waals surface area contributed by atoms with E-state index in [0.717, 1.165) is 33.5 Å². The number of hydrogen-bond donors (Lipinski definition) is 1. The number of nitrogens with one attached hydrogen (secondary N) is 1. The van der Waals surface area contributed by atoms with Crippen molar-refractivity contribution in [3.8, 4) is 11.1 Å². The van der Waals surface area contributed by atoms with E-state index in [4.69, 9.17) is 4.52 Å². The third-order valence-corrected chi connectivity index (χ3v) is 2.81. The molecule has 3 rings (SSSR count). The fourth-order valence-electron chi connectivity index (χ4n) is 2.03. The van der Waals surface area contributed by atoms with E-state index < -0.39 is 0 Å². The second-order valence-corrected chi connectivity index (χ2v) is 3.91. The molecular weight excluding hydrogens is 200 g/mol. The standard InChI is InChI=1S/C13H11N2O/c1-8-13(9(2)16-15-8)11-4-3-10-5-6-14-12(10)7-11/h3-5,7,14H,1-2H3. The fraction of sp³-hybridized carbons (Fsp3) is 0.154. The topological polar surface area (TPSA) is 41.8 Å². The van der Waals surface area contributed by atoms with Crippen molar-refractivity contribution in [1.29, 1.82) is 0 Å². The van der Waals surface area contributed by atoms with Gasteiger partial charge in [0, 0.05) is 16.5 Å². The van der Waals surface area contributed by atoms with Crippen LogP contribution in [0.25, 0.3) is 22.0 Å². The summed E-state index contributed by atoms with van der Waals surface area (Å²) in [4.78, 5) is 3.08. The highest BCUT2D eigenvalue weighted by Crippen LogP contribution is 2.28. The molecule has 3 heteroatoms. The van der Waals surface area contributed by atoms with E-state index in [1.165, 1.54) is 0 Å². The lowest BCUT2D eigenvalue weighted by Crippen LogP contribution is -1.81. The Morgan fingerprint density at radius 3 is 2.94 bits per heavy atom. The molecule has 2 aromatic heterocycles. The van der Waals surface area contributed by atoms with Gasteiger partial charge in [0.2, 0.25) is 0 Å². The maximum absolute atomic E-state index is 5.18. The van der Waals surface area contributed by atoms with Crippen LogP contribution in [0.3, 0.4) is 0 Å². The molecule has 0 amide bonds. The summed E-state index contributed by atoms with van der Waals surface area (Å²) in [5, 5.41) is 5.13. The molecule has 0 atom stereocenters. The van der Waals surface area contributed by atoms with E-state index in [2.05, 4.69) is 34.5 Å². The molecule has 2 heterocycles. The molecule has 0 aliphatic heterocycles. The fourth-order valence-corrected chi connectivity index (χ4v) is 2.03. The van der Waals surface area contributed by atoms with E-state index in [1.807, 2.05) is 19.9 Å². The molecular formula is C13H11N2O. The van der Waals surface area contributed by atoms with Crippen LogP contribution in [0.15, 0.2) is 28.8 Å². The molecule has 0 aliphatic carbocycles. The summed E-state index contributed by atoms with van der Waals surface area (Å²) >= 11 is 0. The highest BCUT2D eigenvalue weighted by molar-refractivity contribution is 5.85. The third kappa shape index (κ3) is 1.25. The zero-order valence-electron chi connectivity index (χ0n) is 9.16. The Morgan fingerprint density at radius 1 is 1.31 bits per heavy atom. The molecule has 0 saturated carbocycles. The zero-order valence-corrected chi connectivity index (χ0v) is 9.16. The first kappa shape index (κ1) is 9.21. The Bertz CT molecular complexity index is 629. The first-order valence-electron chi connectivity index (χ1n) is 5.18. The van der Waals surface area contributed by atoms with Crippen molar-refractivity contribution in [2.75, 3.05) is 0 Å². The Balaban J connectivity index is 2.25. The number of H-pyrrole nitrogens is 1. The molecule has 0 fully saturated rings. The summed E-state index contributed by atoms with van der Waals surface area (Å²) < 4.78 is 5.18. The second kappa shape index (κ2) is 3.23. The monoisotopic (exact) mass is 211 g/mol. The van der Waals surface area contributed by atoms with Crippen LogP contribution < -0.4 is 0 Å². The van der Waals surface area contributed by atoms with Gasteiger partial charge in [-0.3, -0.25) is 0 Å². The van der Waals surface area contributed by atoms with Crippen LogP contribution in [0.2, 0.25) is 0 Å². The summed E-state index contributed by atoms with van der Waals surface area (Å²) in [6.45, 7) is 3.89. The van der Waals surface area contributed by atoms with Crippen LogP contribution in [0.1, 0.15) is 11.5 Å². The Labute approximate surface area is 93.1 Å². The molecule has 0 aliphatic rings. The average Bonchev–Trinajstić information content (AvgIpc) is 2.85. The highest BCUT2D eigenvalue weighted by atomic mass is 16.5. The normalized spacial score (nSPS) is 11.1. The van der Waals surface area contributed by atoms with E-state index in [9.17, 15) is 0 Å². The van der Waals surface area contributed by atoms with Crippen molar-refractivity contribution in [2.45, 2.75) is 13.8 Å². The van der Waals surface area contributed by atoms with Crippen LogP contribution in [-0.4, -0.2) is 10.1 Å². The van der Waals surface area contributed by atoms with Gasteiger partial charge in [-0.05, 0) is 31.5 Å². The summed E-state index contributed by atoms with van der Waals surface area (Å²) in [5.41, 5.74) is 4.21. The molecule has 0 spiro atoms. The Kier molecular flexibility index (Phi) is 1.86. The molecule has 1 radical (unpaired) electrons. The van der Waals surface area contributed by atoms with Crippen LogP contribution in [0, 0.1) is 20.0 Å². The molecule has 1 N–H and O–H groups in total. The number of rotatable bonds is 1. The van der Waals surface area contributed by atoms with Gasteiger partial charge in [0.1, 0.15) is 5.76 Å². The Morgan fingerprint density at radius 2 is 2.19 bits per heavy atom. The first-order chi connectivity index (χ1) is 7.75. The van der Waals surface area contributed by atoms with Gasteiger partial charge in [0.15, 0.2) is 0 Å². The predicted molar refractivity (Wildman–Crippen MR) is 62.1 cm³/mol. The number of aromatic nitrogens is 2. The minimum absolute atomic E-state index is 0.854. The van der Waals surface area contributed by atoms with Gasteiger partial charge in [0.25, 0.3) is 0 Å². The highest BCUT2D eigenvalue weighted by Gasteiger charge is 2.11. The number of benzene rings is 1. The van der Waals surface area contributed by atoms with E-state index in [0.29, 0.717) is 0 Å². The largest absolute Gasteiger partial charge is 0.361 e. The molecule has 1 aromatic carbocycles. The van der Waals surface area contributed by atoms with E-state index >= 15 is 0 Å². The van der Waals surface area contributed by atoms with Crippen LogP contribution >= 0.6 is 0 Å². The summed E-state index contributed by atoms with van der Waals surface area (Å²) in [6.07, 6.45) is 2.98. The molecule has 16 heavy (non-hydrogen) atoms. The average molecular weight is 211 g/mol. The third-order valence-electron chi connectivity index (χ3n) is 2.81. The number of aromatic amines is 1. The number of aryl methyl sites for hydroxylation is 2. The second-order valence-electron chi connectivity index (χ2n) is 3.91. The van der Waals surface area contributed by atoms with Crippen molar-refractivity contribution in [2.24, 2.45) is 0 Å². The minimum Gasteiger partial charge on any atom is -0.361 e. The molecule has 0 saturated heterocycles. The van der Waals surface area contributed by atoms with Crippen molar-refractivity contribution < 1.29 is 4.52 Å². The van der Waals surface area contributed by atoms with Gasteiger partial charge < -0.3 is 9.51 Å². The molecule has 79 valence electrons. The lowest BCUT2D eigenvalue weighted by Gasteiger charge is -2.00. The van der Waals surface area contributed by atoms with E-state index in [1.54, 1.807) is 0 Å². The van der Waals surface area contributed by atoms with Crippen LogP contribution in [0.5, 0.6) is 0 Å². The maximum Gasteiger partial charge on any atom is 0.141 e. The van der Waals surface area contributed by atoms with Gasteiger partial charge in [-0.25, -0.2) is 0 Å². The number of fused-ring (bicyclic) bond motifs is 1. The summed E-state index contributed by atoms with van der Waals surface area (Å²) in [6, 6.07) is 8.19. The van der Waals surface area contributed by atoms with Crippen molar-refractivity contribution in [3.63, 3.8) is 0 Å². The van der Waals surface area contributed by atoms with E-state index in [-0.39, 0.29) is 0 Å². The molecule has 3 aromatic rings. The van der Waals surface area contributed by atoms with Crippen molar-refractivity contribution in [3.05, 3.63) is 41.9 Å². The summed E-state index contributed by atoms with van der Waals surface area (Å²) in [5.74, 6) is 0.854. The zero-order chi connectivity index (χ0) is 11.1. The van der Waals surface area contributed by atoms with Gasteiger partial charge >= 0.3 is 0 Å². The Hall–Kier alpha value is -2.03. The van der Waals surface area contributed by atoms with Crippen LogP contribution in [-0.2, 0) is 0 Å². The number of nitrogens with zero attached hydrogens (tertiary/aromatic N) is 1. The van der Waals surface area contributed by atoms with Crippen LogP contribution in [0.4, 0.5) is 0 Å². The minimum atomic E-state index is 0.854. The molecule has 0 bridgehead atoms. The molecule has 0 unspecified atom stereocenters. The van der Waals surface area contributed by atoms with Crippen molar-refractivity contribution >= 4 is 10.9 Å². The predicted octanol–water partition coefficient (Wildman–Crippen LogP) is 3.24.